The summed E-state index contributed by atoms with van der Waals surface area (Å²) >= 11 is 0. The van der Waals surface area contributed by atoms with Gasteiger partial charge in [0, 0.05) is 12.2 Å². The third-order valence-electron chi connectivity index (χ3n) is 4.39. The molecular formula is C23H32N2O2. The maximum Gasteiger partial charge on any atom is 0.262 e. The fourth-order valence-corrected chi connectivity index (χ4v) is 2.81. The second-order valence-electron chi connectivity index (χ2n) is 6.94. The molecule has 4 nitrogen and oxygen atoms in total. The highest BCUT2D eigenvalue weighted by Gasteiger charge is 2.04. The number of carbonyl (C=O) groups is 1. The molecule has 0 saturated heterocycles. The van der Waals surface area contributed by atoms with Gasteiger partial charge in [-0.3, -0.25) is 4.79 Å². The molecule has 2 N–H and O–H groups in total. The van der Waals surface area contributed by atoms with Crippen molar-refractivity contribution in [2.45, 2.75) is 52.5 Å². The van der Waals surface area contributed by atoms with Gasteiger partial charge < -0.3 is 15.4 Å². The Labute approximate surface area is 163 Å². The summed E-state index contributed by atoms with van der Waals surface area (Å²) in [6.45, 7) is 6.11. The average Bonchev–Trinajstić information content (AvgIpc) is 2.68. The quantitative estimate of drug-likeness (QED) is 0.514. The summed E-state index contributed by atoms with van der Waals surface area (Å²) in [4.78, 5) is 12.0. The predicted molar refractivity (Wildman–Crippen MR) is 112 cm³/mol. The molecule has 2 aromatic carbocycles. The fraction of sp³-hybridized carbons (Fsp3) is 0.435. The fourth-order valence-electron chi connectivity index (χ4n) is 2.81. The molecule has 4 heteroatoms. The van der Waals surface area contributed by atoms with Gasteiger partial charge in [0.2, 0.25) is 0 Å². The summed E-state index contributed by atoms with van der Waals surface area (Å²) in [5.74, 6) is 0.561. The number of nitrogens with one attached hydrogen (secondary N) is 2. The molecule has 0 spiro atoms. The van der Waals surface area contributed by atoms with Crippen LogP contribution in [0.3, 0.4) is 0 Å². The monoisotopic (exact) mass is 368 g/mol. The average molecular weight is 369 g/mol. The van der Waals surface area contributed by atoms with Crippen LogP contribution in [0.25, 0.3) is 0 Å². The molecule has 0 saturated carbocycles. The van der Waals surface area contributed by atoms with E-state index in [4.69, 9.17) is 4.74 Å². The molecule has 2 rings (SSSR count). The number of amides is 1. The van der Waals surface area contributed by atoms with Gasteiger partial charge in [0.25, 0.3) is 5.91 Å². The van der Waals surface area contributed by atoms with E-state index in [1.807, 2.05) is 49.4 Å². The van der Waals surface area contributed by atoms with Gasteiger partial charge >= 0.3 is 0 Å². The van der Waals surface area contributed by atoms with Crippen LogP contribution >= 0.6 is 0 Å². The van der Waals surface area contributed by atoms with E-state index >= 15 is 0 Å². The standard InChI is InChI=1S/C23H32N2O2/c1-3-4-5-6-7-15-24-17-20-9-8-10-22(16-20)27-18-23(26)25-21-13-11-19(2)12-14-21/h8-14,16,24H,3-7,15,17-18H2,1-2H3,(H,25,26). The van der Waals surface area contributed by atoms with E-state index in [0.29, 0.717) is 0 Å². The van der Waals surface area contributed by atoms with Crippen molar-refractivity contribution in [3.05, 3.63) is 59.7 Å². The van der Waals surface area contributed by atoms with E-state index in [9.17, 15) is 4.79 Å². The summed E-state index contributed by atoms with van der Waals surface area (Å²) in [6, 6.07) is 15.6. The van der Waals surface area contributed by atoms with Crippen LogP contribution in [0, 0.1) is 6.92 Å². The van der Waals surface area contributed by atoms with Crippen LogP contribution < -0.4 is 15.4 Å². The molecule has 0 fully saturated rings. The lowest BCUT2D eigenvalue weighted by molar-refractivity contribution is -0.118. The second-order valence-corrected chi connectivity index (χ2v) is 6.94. The Hall–Kier alpha value is -2.33. The van der Waals surface area contributed by atoms with Gasteiger partial charge in [-0.15, -0.1) is 0 Å². The number of unbranched alkanes of at least 4 members (excludes halogenated alkanes) is 4. The van der Waals surface area contributed by atoms with Crippen LogP contribution in [0.5, 0.6) is 5.75 Å². The van der Waals surface area contributed by atoms with Crippen molar-refractivity contribution in [2.75, 3.05) is 18.5 Å². The van der Waals surface area contributed by atoms with Crippen LogP contribution in [-0.2, 0) is 11.3 Å². The normalized spacial score (nSPS) is 10.6. The molecule has 0 heterocycles. The summed E-state index contributed by atoms with van der Waals surface area (Å²) in [5.41, 5.74) is 3.11. The van der Waals surface area contributed by atoms with Crippen molar-refractivity contribution in [1.82, 2.24) is 5.32 Å². The van der Waals surface area contributed by atoms with Crippen molar-refractivity contribution in [3.63, 3.8) is 0 Å². The summed E-state index contributed by atoms with van der Waals surface area (Å²) in [6.07, 6.45) is 6.45. The molecule has 1 amide bonds. The third kappa shape index (κ3) is 8.74. The van der Waals surface area contributed by atoms with Crippen molar-refractivity contribution in [2.24, 2.45) is 0 Å². The Morgan fingerprint density at radius 2 is 1.78 bits per heavy atom. The Morgan fingerprint density at radius 1 is 1.00 bits per heavy atom. The van der Waals surface area contributed by atoms with Gasteiger partial charge in [0.05, 0.1) is 0 Å². The summed E-state index contributed by atoms with van der Waals surface area (Å²) < 4.78 is 5.64. The lowest BCUT2D eigenvalue weighted by atomic mass is 10.1. The first-order valence-corrected chi connectivity index (χ1v) is 9.96. The molecule has 0 aliphatic carbocycles. The van der Waals surface area contributed by atoms with Crippen molar-refractivity contribution in [1.29, 1.82) is 0 Å². The maximum absolute atomic E-state index is 12.0. The topological polar surface area (TPSA) is 50.4 Å². The Morgan fingerprint density at radius 3 is 2.56 bits per heavy atom. The van der Waals surface area contributed by atoms with Gasteiger partial charge in [-0.25, -0.2) is 0 Å². The number of carbonyl (C=O) groups excluding carboxylic acids is 1. The summed E-state index contributed by atoms with van der Waals surface area (Å²) in [7, 11) is 0. The van der Waals surface area contributed by atoms with Crippen LogP contribution in [0.1, 0.15) is 50.2 Å². The molecule has 0 aliphatic rings. The number of ether oxygens (including phenoxy) is 1. The van der Waals surface area contributed by atoms with E-state index in [1.54, 1.807) is 0 Å². The molecule has 146 valence electrons. The minimum Gasteiger partial charge on any atom is -0.484 e. The minimum atomic E-state index is -0.158. The van der Waals surface area contributed by atoms with Crippen molar-refractivity contribution < 1.29 is 9.53 Å². The summed E-state index contributed by atoms with van der Waals surface area (Å²) in [5, 5.41) is 6.31. The molecular weight excluding hydrogens is 336 g/mol. The first-order chi connectivity index (χ1) is 13.2. The second kappa shape index (κ2) is 12.1. The van der Waals surface area contributed by atoms with E-state index in [0.717, 1.165) is 30.1 Å². The number of rotatable bonds is 12. The van der Waals surface area contributed by atoms with Gasteiger partial charge in [-0.2, -0.15) is 0 Å². The van der Waals surface area contributed by atoms with E-state index < -0.39 is 0 Å². The van der Waals surface area contributed by atoms with Gasteiger partial charge in [0.15, 0.2) is 6.61 Å². The number of hydrogen-bond acceptors (Lipinski definition) is 3. The third-order valence-corrected chi connectivity index (χ3v) is 4.39. The molecule has 0 bridgehead atoms. The smallest absolute Gasteiger partial charge is 0.262 e. The lowest BCUT2D eigenvalue weighted by Crippen LogP contribution is -2.20. The van der Waals surface area contributed by atoms with Crippen LogP contribution in [0.4, 0.5) is 5.69 Å². The zero-order valence-electron chi connectivity index (χ0n) is 16.6. The first kappa shape index (κ1) is 21.0. The highest BCUT2D eigenvalue weighted by atomic mass is 16.5. The highest BCUT2D eigenvalue weighted by molar-refractivity contribution is 5.91. The number of hydrogen-bond donors (Lipinski definition) is 2. The van der Waals surface area contributed by atoms with Gasteiger partial charge in [-0.05, 0) is 49.7 Å². The molecule has 0 aromatic heterocycles. The molecule has 0 aliphatic heterocycles. The Balaban J connectivity index is 1.68. The van der Waals surface area contributed by atoms with E-state index in [1.165, 1.54) is 37.7 Å². The lowest BCUT2D eigenvalue weighted by Gasteiger charge is -2.10. The maximum atomic E-state index is 12.0. The van der Waals surface area contributed by atoms with Crippen LogP contribution in [-0.4, -0.2) is 19.1 Å². The van der Waals surface area contributed by atoms with Crippen LogP contribution in [0.15, 0.2) is 48.5 Å². The Bertz CT molecular complexity index is 683. The largest absolute Gasteiger partial charge is 0.484 e. The molecule has 2 aromatic rings. The zero-order valence-corrected chi connectivity index (χ0v) is 16.6. The van der Waals surface area contributed by atoms with Crippen molar-refractivity contribution in [3.8, 4) is 5.75 Å². The number of anilines is 1. The van der Waals surface area contributed by atoms with Crippen LogP contribution in [0.2, 0.25) is 0 Å². The number of benzene rings is 2. The molecule has 0 atom stereocenters. The SMILES string of the molecule is CCCCCCCNCc1cccc(OCC(=O)Nc2ccc(C)cc2)c1. The minimum absolute atomic E-state index is 0.00217. The Kier molecular flexibility index (Phi) is 9.42. The first-order valence-electron chi connectivity index (χ1n) is 9.96. The van der Waals surface area contributed by atoms with Gasteiger partial charge in [0.1, 0.15) is 5.75 Å². The zero-order chi connectivity index (χ0) is 19.3. The van der Waals surface area contributed by atoms with Gasteiger partial charge in [-0.1, -0.05) is 62.4 Å². The highest BCUT2D eigenvalue weighted by Crippen LogP contribution is 2.14. The van der Waals surface area contributed by atoms with E-state index in [2.05, 4.69) is 23.6 Å². The molecule has 27 heavy (non-hydrogen) atoms. The van der Waals surface area contributed by atoms with Crippen molar-refractivity contribution >= 4 is 11.6 Å². The predicted octanol–water partition coefficient (Wildman–Crippen LogP) is 5.07. The number of aryl methyl sites for hydroxylation is 1. The molecule has 0 radical (unpaired) electrons. The van der Waals surface area contributed by atoms with E-state index in [-0.39, 0.29) is 12.5 Å². The molecule has 0 unspecified atom stereocenters.